The third-order valence-electron chi connectivity index (χ3n) is 2.11. The van der Waals surface area contributed by atoms with Gasteiger partial charge in [-0.3, -0.25) is 4.79 Å². The van der Waals surface area contributed by atoms with Gasteiger partial charge in [-0.05, 0) is 0 Å². The number of carbonyl (C=O) groups is 2. The van der Waals surface area contributed by atoms with Crippen LogP contribution in [0.15, 0.2) is 0 Å². The maximum atomic E-state index is 11.4. The molecule has 1 amide bonds. The Labute approximate surface area is 90.3 Å². The first-order valence-corrected chi connectivity index (χ1v) is 5.32. The summed E-state index contributed by atoms with van der Waals surface area (Å²) in [6.07, 6.45) is -0.534. The third kappa shape index (κ3) is 2.68. The minimum Gasteiger partial charge on any atom is -0.453 e. The van der Waals surface area contributed by atoms with Crippen LogP contribution < -0.4 is 5.32 Å². The summed E-state index contributed by atoms with van der Waals surface area (Å²) in [7, 11) is 1.28. The molecule has 1 heterocycles. The van der Waals surface area contributed by atoms with E-state index in [0.29, 0.717) is 13.2 Å². The fraction of sp³-hybridized carbons (Fsp3) is 0.750. The van der Waals surface area contributed by atoms with Crippen molar-refractivity contribution in [1.29, 1.82) is 0 Å². The van der Waals surface area contributed by atoms with Crippen LogP contribution in [0.4, 0.5) is 4.79 Å². The molecule has 2 atom stereocenters. The van der Waals surface area contributed by atoms with Crippen LogP contribution in [0.5, 0.6) is 0 Å². The van der Waals surface area contributed by atoms with Gasteiger partial charge in [0.05, 0.1) is 37.6 Å². The number of methoxy groups -OCH3 is 1. The highest BCUT2D eigenvalue weighted by Crippen LogP contribution is 2.15. The van der Waals surface area contributed by atoms with Gasteiger partial charge in [0.2, 0.25) is 0 Å². The molecule has 1 aliphatic heterocycles. The number of hydrogen-bond acceptors (Lipinski definition) is 4. The average Bonchev–Trinajstić information content (AvgIpc) is 2.64. The third-order valence-corrected chi connectivity index (χ3v) is 2.67. The zero-order chi connectivity index (χ0) is 10.6. The zero-order valence-corrected chi connectivity index (χ0v) is 9.37. The number of halogens is 1. The maximum Gasteiger partial charge on any atom is 0.407 e. The number of amides is 1. The Balaban J connectivity index is 2.51. The van der Waals surface area contributed by atoms with E-state index in [0.717, 1.165) is 0 Å². The van der Waals surface area contributed by atoms with Crippen LogP contribution in [0.3, 0.4) is 0 Å². The van der Waals surface area contributed by atoms with Gasteiger partial charge in [-0.25, -0.2) is 4.79 Å². The first-order chi connectivity index (χ1) is 6.69. The predicted molar refractivity (Wildman–Crippen MR) is 52.4 cm³/mol. The van der Waals surface area contributed by atoms with Gasteiger partial charge in [-0.15, -0.1) is 0 Å². The summed E-state index contributed by atoms with van der Waals surface area (Å²) >= 11 is 3.09. The molecule has 5 nitrogen and oxygen atoms in total. The second kappa shape index (κ2) is 5.31. The second-order valence-corrected chi connectivity index (χ2v) is 3.55. The summed E-state index contributed by atoms with van der Waals surface area (Å²) in [5, 5.41) is 2.84. The SMILES string of the molecule is COC(=O)NC1COCC1C(=O)CBr. The van der Waals surface area contributed by atoms with Crippen molar-refractivity contribution in [2.45, 2.75) is 6.04 Å². The number of rotatable bonds is 3. The summed E-state index contributed by atoms with van der Waals surface area (Å²) in [6.45, 7) is 0.720. The van der Waals surface area contributed by atoms with Gasteiger partial charge in [-0.1, -0.05) is 15.9 Å². The number of ether oxygens (including phenoxy) is 2. The van der Waals surface area contributed by atoms with Crippen molar-refractivity contribution in [3.05, 3.63) is 0 Å². The molecule has 1 fully saturated rings. The van der Waals surface area contributed by atoms with Crippen molar-refractivity contribution in [2.24, 2.45) is 5.92 Å². The Morgan fingerprint density at radius 3 is 2.86 bits per heavy atom. The lowest BCUT2D eigenvalue weighted by Crippen LogP contribution is -2.42. The minimum atomic E-state index is -0.534. The number of alkyl carbamates (subject to hydrolysis) is 1. The molecule has 0 aromatic heterocycles. The summed E-state index contributed by atoms with van der Waals surface area (Å²) in [5.41, 5.74) is 0. The largest absolute Gasteiger partial charge is 0.453 e. The first-order valence-electron chi connectivity index (χ1n) is 4.20. The molecule has 0 aromatic rings. The number of Topliss-reactive ketones (excluding diaryl/α,β-unsaturated/α-hetero) is 1. The quantitative estimate of drug-likeness (QED) is 0.747. The minimum absolute atomic E-state index is 0.0314. The first kappa shape index (κ1) is 11.5. The molecule has 1 saturated heterocycles. The molecule has 1 N–H and O–H groups in total. The smallest absolute Gasteiger partial charge is 0.407 e. The van der Waals surface area contributed by atoms with Crippen molar-refractivity contribution < 1.29 is 19.1 Å². The van der Waals surface area contributed by atoms with E-state index in [2.05, 4.69) is 26.0 Å². The van der Waals surface area contributed by atoms with E-state index < -0.39 is 6.09 Å². The number of ketones is 1. The van der Waals surface area contributed by atoms with Gasteiger partial charge in [0.15, 0.2) is 5.78 Å². The second-order valence-electron chi connectivity index (χ2n) is 2.99. The normalized spacial score (nSPS) is 25.9. The molecule has 1 rings (SSSR count). The number of carbonyl (C=O) groups excluding carboxylic acids is 2. The van der Waals surface area contributed by atoms with E-state index in [-0.39, 0.29) is 23.1 Å². The molecule has 0 saturated carbocycles. The van der Waals surface area contributed by atoms with Crippen LogP contribution in [-0.4, -0.2) is 43.6 Å². The van der Waals surface area contributed by atoms with Crippen LogP contribution in [-0.2, 0) is 14.3 Å². The highest BCUT2D eigenvalue weighted by molar-refractivity contribution is 9.09. The zero-order valence-electron chi connectivity index (χ0n) is 7.79. The van der Waals surface area contributed by atoms with Crippen molar-refractivity contribution in [1.82, 2.24) is 5.32 Å². The van der Waals surface area contributed by atoms with E-state index in [1.807, 2.05) is 0 Å². The maximum absolute atomic E-state index is 11.4. The Kier molecular flexibility index (Phi) is 4.34. The average molecular weight is 266 g/mol. The van der Waals surface area contributed by atoms with E-state index in [1.54, 1.807) is 0 Å². The topological polar surface area (TPSA) is 64.6 Å². The summed E-state index contributed by atoms with van der Waals surface area (Å²) < 4.78 is 9.57. The van der Waals surface area contributed by atoms with E-state index in [4.69, 9.17) is 4.74 Å². The highest BCUT2D eigenvalue weighted by atomic mass is 79.9. The molecule has 2 unspecified atom stereocenters. The lowest BCUT2D eigenvalue weighted by Gasteiger charge is -2.15. The number of nitrogens with one attached hydrogen (secondary N) is 1. The van der Waals surface area contributed by atoms with Gasteiger partial charge in [0.1, 0.15) is 0 Å². The monoisotopic (exact) mass is 265 g/mol. The molecular formula is C8H12BrNO4. The molecule has 80 valence electrons. The molecule has 6 heteroatoms. The van der Waals surface area contributed by atoms with Crippen LogP contribution in [0.2, 0.25) is 0 Å². The van der Waals surface area contributed by atoms with Crippen molar-refractivity contribution >= 4 is 27.8 Å². The number of hydrogen-bond donors (Lipinski definition) is 1. The molecule has 1 aliphatic rings. The van der Waals surface area contributed by atoms with E-state index in [1.165, 1.54) is 7.11 Å². The predicted octanol–water partition coefficient (Wildman–Crippen LogP) is 0.321. The fourth-order valence-corrected chi connectivity index (χ4v) is 1.74. The standard InChI is InChI=1S/C8H12BrNO4/c1-13-8(12)10-6-4-14-3-5(6)7(11)2-9/h5-6H,2-4H2,1H3,(H,10,12). The molecule has 14 heavy (non-hydrogen) atoms. The Bertz CT molecular complexity index is 233. The fourth-order valence-electron chi connectivity index (χ4n) is 1.32. The summed E-state index contributed by atoms with van der Waals surface area (Å²) in [5.74, 6) is -0.239. The Hall–Kier alpha value is -0.620. The lowest BCUT2D eigenvalue weighted by atomic mass is 10.00. The highest BCUT2D eigenvalue weighted by Gasteiger charge is 2.34. The molecule has 0 radical (unpaired) electrons. The van der Waals surface area contributed by atoms with E-state index >= 15 is 0 Å². The van der Waals surface area contributed by atoms with Crippen LogP contribution in [0.25, 0.3) is 0 Å². The van der Waals surface area contributed by atoms with Gasteiger partial charge >= 0.3 is 6.09 Å². The van der Waals surface area contributed by atoms with Crippen molar-refractivity contribution in [3.8, 4) is 0 Å². The molecule has 0 aromatic carbocycles. The lowest BCUT2D eigenvalue weighted by molar-refractivity contribution is -0.120. The van der Waals surface area contributed by atoms with Gasteiger partial charge in [0.25, 0.3) is 0 Å². The Morgan fingerprint density at radius 1 is 1.57 bits per heavy atom. The van der Waals surface area contributed by atoms with Crippen LogP contribution >= 0.6 is 15.9 Å². The molecule has 0 spiro atoms. The van der Waals surface area contributed by atoms with Gasteiger partial charge < -0.3 is 14.8 Å². The van der Waals surface area contributed by atoms with Crippen LogP contribution in [0, 0.1) is 5.92 Å². The van der Waals surface area contributed by atoms with Crippen molar-refractivity contribution in [2.75, 3.05) is 25.7 Å². The Morgan fingerprint density at radius 2 is 2.29 bits per heavy atom. The molecule has 0 aliphatic carbocycles. The van der Waals surface area contributed by atoms with Gasteiger partial charge in [0, 0.05) is 0 Å². The molecular weight excluding hydrogens is 254 g/mol. The summed E-state index contributed by atoms with van der Waals surface area (Å²) in [4.78, 5) is 22.3. The van der Waals surface area contributed by atoms with E-state index in [9.17, 15) is 9.59 Å². The van der Waals surface area contributed by atoms with Gasteiger partial charge in [-0.2, -0.15) is 0 Å². The van der Waals surface area contributed by atoms with Crippen molar-refractivity contribution in [3.63, 3.8) is 0 Å². The number of alkyl halides is 1. The van der Waals surface area contributed by atoms with Crippen LogP contribution in [0.1, 0.15) is 0 Å². The summed E-state index contributed by atoms with van der Waals surface area (Å²) in [6, 6.07) is -0.271. The molecule has 0 bridgehead atoms.